The Morgan fingerprint density at radius 3 is 1.24 bits per heavy atom. The average molecular weight is 929 g/mol. The third kappa shape index (κ3) is 9.92. The number of nitrogens with one attached hydrogen (secondary N) is 4. The molecule has 4 aliphatic heterocycles. The SMILES string of the molecule is C=C1COc2ccc(C)cc2NC(=O)c2ccc(cc2)C(=O)Nc2cc(C)ccc2OCC(=C)Cc2c(O)c(cc3ccccc23)C(=O)Nc2ccc(cc2)NC(=O)c2cc3ccccc3c(c2O)C1. The second-order valence-corrected chi connectivity index (χ2v) is 17.3. The lowest BCUT2D eigenvalue weighted by molar-refractivity contribution is 0.101. The summed E-state index contributed by atoms with van der Waals surface area (Å²) in [6, 6.07) is 41.6. The number of carbonyl (C=O) groups is 4. The van der Waals surface area contributed by atoms with Gasteiger partial charge in [0.05, 0.1) is 22.5 Å². The Hall–Kier alpha value is -9.16. The van der Waals surface area contributed by atoms with E-state index in [1.807, 2.05) is 74.5 Å². The highest BCUT2D eigenvalue weighted by Gasteiger charge is 2.22. The van der Waals surface area contributed by atoms with E-state index in [0.717, 1.165) is 32.7 Å². The van der Waals surface area contributed by atoms with Gasteiger partial charge < -0.3 is 41.0 Å². The standard InChI is InChI=1S/C58H48N4O8/c1-33-13-23-51-49(27-33)61-55(65)37-15-17-38(18-16-37)56(66)62-50-28-34(2)14-24-52(50)70-32-36(4)26-46-44-12-8-6-10-40(44)30-48(54(46)64)58(68)60-42-21-19-41(20-22-42)59-57(67)47-29-39-9-5-7-11-43(39)45(53(47)63)25-35(3)31-69-51/h5-24,27-30,63-64H,3-4,25-26,31-32H2,1-2H3,(H,59,67)(H,60,68)(H,61,65)(H,62,66). The number of aryl methyl sites for hydroxylation is 2. The molecule has 0 spiro atoms. The van der Waals surface area contributed by atoms with E-state index in [0.29, 0.717) is 67.6 Å². The van der Waals surface area contributed by atoms with Gasteiger partial charge in [0.2, 0.25) is 0 Å². The summed E-state index contributed by atoms with van der Waals surface area (Å²) in [6.45, 7) is 12.3. The van der Waals surface area contributed by atoms with Crippen molar-refractivity contribution in [3.8, 4) is 23.0 Å². The molecule has 12 nitrogen and oxygen atoms in total. The number of aromatic hydroxyl groups is 2. The van der Waals surface area contributed by atoms with Gasteiger partial charge in [0.25, 0.3) is 23.6 Å². The maximum absolute atomic E-state index is 13.9. The zero-order valence-corrected chi connectivity index (χ0v) is 38.4. The van der Waals surface area contributed by atoms with Crippen LogP contribution in [0.15, 0.2) is 170 Å². The van der Waals surface area contributed by atoms with E-state index >= 15 is 0 Å². The lowest BCUT2D eigenvalue weighted by Crippen LogP contribution is -2.16. The Kier molecular flexibility index (Phi) is 12.9. The van der Waals surface area contributed by atoms with Crippen LogP contribution in [0.1, 0.15) is 63.7 Å². The van der Waals surface area contributed by atoms with E-state index in [-0.39, 0.29) is 48.7 Å². The molecule has 4 heterocycles. The first-order valence-corrected chi connectivity index (χ1v) is 22.5. The highest BCUT2D eigenvalue weighted by Crippen LogP contribution is 2.37. The van der Waals surface area contributed by atoms with Gasteiger partial charge in [-0.2, -0.15) is 0 Å². The molecule has 0 radical (unpaired) electrons. The van der Waals surface area contributed by atoms with Crippen molar-refractivity contribution in [2.75, 3.05) is 34.5 Å². The summed E-state index contributed by atoms with van der Waals surface area (Å²) < 4.78 is 12.5. The Morgan fingerprint density at radius 1 is 0.457 bits per heavy atom. The number of anilines is 4. The molecule has 12 heteroatoms. The first-order chi connectivity index (χ1) is 33.8. The summed E-state index contributed by atoms with van der Waals surface area (Å²) in [6.07, 6.45) is 0.327. The van der Waals surface area contributed by atoms with Crippen LogP contribution in [0, 0.1) is 13.8 Å². The highest BCUT2D eigenvalue weighted by molar-refractivity contribution is 6.12. The lowest BCUT2D eigenvalue weighted by atomic mass is 9.94. The molecule has 12 rings (SSSR count). The molecule has 0 unspecified atom stereocenters. The molecule has 70 heavy (non-hydrogen) atoms. The van der Waals surface area contributed by atoms with Gasteiger partial charge in [-0.05, 0) is 143 Å². The normalized spacial score (nSPS) is 14.0. The predicted octanol–water partition coefficient (Wildman–Crippen LogP) is 11.7. The number of benzene rings is 8. The summed E-state index contributed by atoms with van der Waals surface area (Å²) in [5, 5.41) is 37.9. The van der Waals surface area contributed by atoms with Crippen molar-refractivity contribution >= 4 is 67.9 Å². The number of rotatable bonds is 0. The molecule has 4 amide bonds. The molecule has 0 fully saturated rings. The topological polar surface area (TPSA) is 175 Å². The quantitative estimate of drug-likeness (QED) is 0.0815. The Labute approximate surface area is 403 Å². The smallest absolute Gasteiger partial charge is 0.259 e. The molecule has 8 aromatic rings. The predicted molar refractivity (Wildman–Crippen MR) is 275 cm³/mol. The molecule has 0 aliphatic carbocycles. The maximum Gasteiger partial charge on any atom is 0.259 e. The molecule has 348 valence electrons. The Bertz CT molecular complexity index is 3210. The van der Waals surface area contributed by atoms with Crippen molar-refractivity contribution in [3.63, 3.8) is 0 Å². The number of ether oxygens (including phenoxy) is 2. The van der Waals surface area contributed by atoms with Crippen molar-refractivity contribution in [1.29, 1.82) is 0 Å². The molecule has 0 aromatic heterocycles. The Morgan fingerprint density at radius 2 is 0.843 bits per heavy atom. The van der Waals surface area contributed by atoms with Gasteiger partial charge in [-0.1, -0.05) is 73.8 Å². The van der Waals surface area contributed by atoms with E-state index in [9.17, 15) is 29.4 Å². The average Bonchev–Trinajstić information content (AvgIpc) is 3.35. The number of fused-ring (bicyclic) bond motifs is 2. The highest BCUT2D eigenvalue weighted by atomic mass is 16.5. The molecule has 8 aromatic carbocycles. The fourth-order valence-electron chi connectivity index (χ4n) is 8.42. The minimum absolute atomic E-state index is 0.0207. The van der Waals surface area contributed by atoms with Gasteiger partial charge >= 0.3 is 0 Å². The monoisotopic (exact) mass is 928 g/mol. The number of phenolic OH excluding ortho intramolecular Hbond substituents is 2. The van der Waals surface area contributed by atoms with Gasteiger partial charge in [-0.15, -0.1) is 0 Å². The van der Waals surface area contributed by atoms with Gasteiger partial charge in [0.15, 0.2) is 0 Å². The largest absolute Gasteiger partial charge is 0.507 e. The van der Waals surface area contributed by atoms with Crippen molar-refractivity contribution < 1.29 is 38.9 Å². The summed E-state index contributed by atoms with van der Waals surface area (Å²) in [4.78, 5) is 55.0. The van der Waals surface area contributed by atoms with E-state index in [1.165, 1.54) is 0 Å². The number of phenols is 2. The van der Waals surface area contributed by atoms with Crippen molar-refractivity contribution in [1.82, 2.24) is 0 Å². The third-order valence-electron chi connectivity index (χ3n) is 12.0. The lowest BCUT2D eigenvalue weighted by Gasteiger charge is -2.17. The number of carbonyl (C=O) groups excluding carboxylic acids is 4. The van der Waals surface area contributed by atoms with Crippen molar-refractivity contribution in [2.24, 2.45) is 0 Å². The zero-order chi connectivity index (χ0) is 49.1. The van der Waals surface area contributed by atoms with E-state index in [4.69, 9.17) is 9.47 Å². The summed E-state index contributed by atoms with van der Waals surface area (Å²) >= 11 is 0. The van der Waals surface area contributed by atoms with Crippen molar-refractivity contribution in [2.45, 2.75) is 26.7 Å². The molecular formula is C58H48N4O8. The molecule has 8 bridgehead atoms. The van der Waals surface area contributed by atoms with Crippen LogP contribution in [0.25, 0.3) is 21.5 Å². The van der Waals surface area contributed by atoms with Gasteiger partial charge in [-0.3, -0.25) is 19.2 Å². The molecular weight excluding hydrogens is 881 g/mol. The van der Waals surface area contributed by atoms with Crippen LogP contribution in [-0.2, 0) is 12.8 Å². The van der Waals surface area contributed by atoms with Crippen LogP contribution in [0.2, 0.25) is 0 Å². The van der Waals surface area contributed by atoms with Crippen LogP contribution < -0.4 is 30.7 Å². The van der Waals surface area contributed by atoms with E-state index < -0.39 is 23.6 Å². The first kappa shape index (κ1) is 46.0. The van der Waals surface area contributed by atoms with E-state index in [1.54, 1.807) is 84.9 Å². The molecule has 0 saturated heterocycles. The second-order valence-electron chi connectivity index (χ2n) is 17.3. The van der Waals surface area contributed by atoms with Crippen LogP contribution in [-0.4, -0.2) is 47.1 Å². The summed E-state index contributed by atoms with van der Waals surface area (Å²) in [5.74, 6) is -1.61. The molecule has 0 saturated carbocycles. The van der Waals surface area contributed by atoms with Crippen LogP contribution in [0.4, 0.5) is 22.7 Å². The van der Waals surface area contributed by atoms with E-state index in [2.05, 4.69) is 34.4 Å². The fraction of sp³-hybridized carbons (Fsp3) is 0.103. The molecule has 4 aliphatic rings. The van der Waals surface area contributed by atoms with Gasteiger partial charge in [-0.25, -0.2) is 0 Å². The number of hydrogen-bond donors (Lipinski definition) is 6. The van der Waals surface area contributed by atoms with Gasteiger partial charge in [0.1, 0.15) is 36.2 Å². The maximum atomic E-state index is 13.9. The second kappa shape index (κ2) is 19.6. The van der Waals surface area contributed by atoms with Crippen LogP contribution >= 0.6 is 0 Å². The Balaban J connectivity index is 1.04. The van der Waals surface area contributed by atoms with Gasteiger partial charge in [0, 0.05) is 46.5 Å². The third-order valence-corrected chi connectivity index (χ3v) is 12.0. The number of amides is 4. The van der Waals surface area contributed by atoms with Crippen molar-refractivity contribution in [3.05, 3.63) is 214 Å². The molecule has 6 N–H and O–H groups in total. The fourth-order valence-corrected chi connectivity index (χ4v) is 8.42. The van der Waals surface area contributed by atoms with Crippen LogP contribution in [0.3, 0.4) is 0 Å². The zero-order valence-electron chi connectivity index (χ0n) is 38.4. The minimum Gasteiger partial charge on any atom is -0.507 e. The van der Waals surface area contributed by atoms with Crippen LogP contribution in [0.5, 0.6) is 23.0 Å². The summed E-state index contributed by atoms with van der Waals surface area (Å²) in [5.41, 5.74) is 6.25. The first-order valence-electron chi connectivity index (χ1n) is 22.5. The summed E-state index contributed by atoms with van der Waals surface area (Å²) in [7, 11) is 0. The minimum atomic E-state index is -0.557. The number of hydrogen-bond acceptors (Lipinski definition) is 8. The molecule has 0 atom stereocenters.